The molecule has 0 radical (unpaired) electrons. The van der Waals surface area contributed by atoms with Crippen molar-refractivity contribution in [1.82, 2.24) is 10.3 Å². The van der Waals surface area contributed by atoms with E-state index in [2.05, 4.69) is 29.0 Å². The fourth-order valence-electron chi connectivity index (χ4n) is 1.61. The zero-order valence-corrected chi connectivity index (χ0v) is 11.3. The van der Waals surface area contributed by atoms with Crippen molar-refractivity contribution in [3.63, 3.8) is 0 Å². The summed E-state index contributed by atoms with van der Waals surface area (Å²) < 4.78 is 0. The monoisotopic (exact) mass is 250 g/mol. The topological polar surface area (TPSA) is 71.2 Å². The maximum absolute atomic E-state index is 11.3. The minimum absolute atomic E-state index is 0.150. The molecule has 0 aliphatic heterocycles. The highest BCUT2D eigenvalue weighted by Crippen LogP contribution is 2.10. The van der Waals surface area contributed by atoms with E-state index in [1.165, 1.54) is 0 Å². The lowest BCUT2D eigenvalue weighted by Crippen LogP contribution is -2.37. The molecule has 1 aromatic heterocycles. The van der Waals surface area contributed by atoms with E-state index in [-0.39, 0.29) is 5.91 Å². The quantitative estimate of drug-likeness (QED) is 0.786. The van der Waals surface area contributed by atoms with Crippen molar-refractivity contribution in [2.45, 2.75) is 33.4 Å². The van der Waals surface area contributed by atoms with Gasteiger partial charge in [-0.25, -0.2) is 4.98 Å². The normalized spacial score (nSPS) is 12.0. The molecule has 0 aliphatic carbocycles. The summed E-state index contributed by atoms with van der Waals surface area (Å²) in [7, 11) is 0. The fraction of sp³-hybridized carbons (Fsp3) is 0.538. The number of nitrogens with one attached hydrogen (secondary N) is 1. The van der Waals surface area contributed by atoms with Gasteiger partial charge >= 0.3 is 0 Å². The third-order valence-corrected chi connectivity index (χ3v) is 2.78. The molecule has 0 aromatic carbocycles. The van der Waals surface area contributed by atoms with Gasteiger partial charge in [0.1, 0.15) is 5.82 Å². The van der Waals surface area contributed by atoms with Crippen LogP contribution in [0.4, 0.5) is 5.82 Å². The van der Waals surface area contributed by atoms with Crippen molar-refractivity contribution < 1.29 is 4.79 Å². The smallest absolute Gasteiger partial charge is 0.236 e. The van der Waals surface area contributed by atoms with Crippen LogP contribution in [0.1, 0.15) is 26.3 Å². The van der Waals surface area contributed by atoms with Crippen LogP contribution in [0.3, 0.4) is 0 Å². The van der Waals surface area contributed by atoms with Gasteiger partial charge < -0.3 is 16.0 Å². The maximum atomic E-state index is 11.3. The first-order chi connectivity index (χ1) is 8.58. The summed E-state index contributed by atoms with van der Waals surface area (Å²) in [5, 5.41) is 2.76. The van der Waals surface area contributed by atoms with Gasteiger partial charge in [-0.05, 0) is 32.4 Å². The van der Waals surface area contributed by atoms with Gasteiger partial charge in [0.25, 0.3) is 0 Å². The van der Waals surface area contributed by atoms with Crippen molar-refractivity contribution >= 4 is 11.7 Å². The summed E-state index contributed by atoms with van der Waals surface area (Å²) >= 11 is 0. The molecule has 1 heterocycles. The first-order valence-electron chi connectivity index (χ1n) is 6.31. The Bertz CT molecular complexity index is 371. The van der Waals surface area contributed by atoms with Crippen LogP contribution in [0.25, 0.3) is 0 Å². The molecule has 0 saturated carbocycles. The minimum atomic E-state index is -0.479. The molecule has 3 N–H and O–H groups in total. The highest BCUT2D eigenvalue weighted by atomic mass is 16.2. The Morgan fingerprint density at radius 2 is 2.11 bits per heavy atom. The van der Waals surface area contributed by atoms with Crippen molar-refractivity contribution in [3.05, 3.63) is 23.9 Å². The van der Waals surface area contributed by atoms with Crippen LogP contribution in [-0.2, 0) is 11.3 Å². The summed E-state index contributed by atoms with van der Waals surface area (Å²) in [5.74, 6) is 0.810. The molecule has 1 amide bonds. The first kappa shape index (κ1) is 14.4. The fourth-order valence-corrected chi connectivity index (χ4v) is 1.61. The van der Waals surface area contributed by atoms with Crippen molar-refractivity contribution in [3.8, 4) is 0 Å². The summed E-state index contributed by atoms with van der Waals surface area (Å²) in [6, 6.07) is 3.47. The summed E-state index contributed by atoms with van der Waals surface area (Å²) in [6.07, 6.45) is 1.79. The summed E-state index contributed by atoms with van der Waals surface area (Å²) in [6.45, 7) is 8.20. The second-order valence-corrected chi connectivity index (χ2v) is 4.20. The molecule has 0 bridgehead atoms. The van der Waals surface area contributed by atoms with Crippen LogP contribution >= 0.6 is 0 Å². The summed E-state index contributed by atoms with van der Waals surface area (Å²) in [4.78, 5) is 17.9. The number of carbonyl (C=O) groups is 1. The number of anilines is 1. The average molecular weight is 250 g/mol. The van der Waals surface area contributed by atoms with E-state index < -0.39 is 6.04 Å². The van der Waals surface area contributed by atoms with Gasteiger partial charge in [0.2, 0.25) is 5.91 Å². The number of carbonyl (C=O) groups excluding carboxylic acids is 1. The third kappa shape index (κ3) is 4.00. The van der Waals surface area contributed by atoms with Crippen LogP contribution < -0.4 is 16.0 Å². The average Bonchev–Trinajstić information content (AvgIpc) is 2.38. The molecule has 1 aromatic rings. The van der Waals surface area contributed by atoms with Crippen molar-refractivity contribution in [1.29, 1.82) is 0 Å². The standard InChI is InChI=1S/C13H22N4O/c1-4-17(5-2)12-7-6-11(8-15-12)9-16-13(18)10(3)14/h6-8,10H,4-5,9,14H2,1-3H3,(H,16,18)/t10-/m1/s1. The van der Waals surface area contributed by atoms with Crippen LogP contribution in [0.15, 0.2) is 18.3 Å². The Balaban J connectivity index is 2.58. The van der Waals surface area contributed by atoms with Crippen LogP contribution in [0.5, 0.6) is 0 Å². The molecule has 0 unspecified atom stereocenters. The van der Waals surface area contributed by atoms with Gasteiger partial charge in [0, 0.05) is 25.8 Å². The van der Waals surface area contributed by atoms with E-state index in [1.807, 2.05) is 12.1 Å². The van der Waals surface area contributed by atoms with Crippen LogP contribution in [0, 0.1) is 0 Å². The Kier molecular flexibility index (Phi) is 5.58. The van der Waals surface area contributed by atoms with E-state index in [9.17, 15) is 4.79 Å². The molecule has 0 aliphatic rings. The molecule has 18 heavy (non-hydrogen) atoms. The highest BCUT2D eigenvalue weighted by molar-refractivity contribution is 5.80. The van der Waals surface area contributed by atoms with Gasteiger partial charge in [-0.2, -0.15) is 0 Å². The van der Waals surface area contributed by atoms with Gasteiger partial charge in [0.15, 0.2) is 0 Å². The molecular formula is C13H22N4O. The van der Waals surface area contributed by atoms with E-state index in [4.69, 9.17) is 5.73 Å². The van der Waals surface area contributed by atoms with Crippen molar-refractivity contribution in [2.24, 2.45) is 5.73 Å². The molecule has 5 heteroatoms. The zero-order valence-electron chi connectivity index (χ0n) is 11.3. The minimum Gasteiger partial charge on any atom is -0.357 e. The second kappa shape index (κ2) is 6.96. The molecule has 100 valence electrons. The molecule has 1 atom stereocenters. The van der Waals surface area contributed by atoms with Gasteiger partial charge in [-0.1, -0.05) is 6.07 Å². The van der Waals surface area contributed by atoms with Gasteiger partial charge in [-0.3, -0.25) is 4.79 Å². The van der Waals surface area contributed by atoms with Crippen molar-refractivity contribution in [2.75, 3.05) is 18.0 Å². The van der Waals surface area contributed by atoms with Gasteiger partial charge in [-0.15, -0.1) is 0 Å². The van der Waals surface area contributed by atoms with E-state index in [0.717, 1.165) is 24.5 Å². The number of amides is 1. The Hall–Kier alpha value is -1.62. The SMILES string of the molecule is CCN(CC)c1ccc(CNC(=O)[C@@H](C)N)cn1. The molecule has 1 rings (SSSR count). The van der Waals surface area contributed by atoms with Gasteiger partial charge in [0.05, 0.1) is 6.04 Å². The lowest BCUT2D eigenvalue weighted by atomic mass is 10.2. The Labute approximate surface area is 108 Å². The van der Waals surface area contributed by atoms with E-state index in [0.29, 0.717) is 6.54 Å². The molecule has 0 saturated heterocycles. The lowest BCUT2D eigenvalue weighted by Gasteiger charge is -2.19. The molecular weight excluding hydrogens is 228 g/mol. The van der Waals surface area contributed by atoms with E-state index in [1.54, 1.807) is 13.1 Å². The lowest BCUT2D eigenvalue weighted by molar-refractivity contribution is -0.122. The number of hydrogen-bond donors (Lipinski definition) is 2. The van der Waals surface area contributed by atoms with Crippen LogP contribution in [-0.4, -0.2) is 30.0 Å². The number of nitrogens with zero attached hydrogens (tertiary/aromatic N) is 2. The van der Waals surface area contributed by atoms with E-state index >= 15 is 0 Å². The summed E-state index contributed by atoms with van der Waals surface area (Å²) in [5.41, 5.74) is 6.44. The molecule has 5 nitrogen and oxygen atoms in total. The number of hydrogen-bond acceptors (Lipinski definition) is 4. The van der Waals surface area contributed by atoms with Crippen LogP contribution in [0.2, 0.25) is 0 Å². The first-order valence-corrected chi connectivity index (χ1v) is 6.31. The highest BCUT2D eigenvalue weighted by Gasteiger charge is 2.07. The third-order valence-electron chi connectivity index (χ3n) is 2.78. The predicted molar refractivity (Wildman–Crippen MR) is 73.3 cm³/mol. The molecule has 0 spiro atoms. The number of aromatic nitrogens is 1. The number of nitrogens with two attached hydrogens (primary N) is 1. The largest absolute Gasteiger partial charge is 0.357 e. The number of rotatable bonds is 6. The maximum Gasteiger partial charge on any atom is 0.236 e. The Morgan fingerprint density at radius 3 is 2.56 bits per heavy atom. The Morgan fingerprint density at radius 1 is 1.44 bits per heavy atom. The number of pyridine rings is 1. The molecule has 0 fully saturated rings. The zero-order chi connectivity index (χ0) is 13.5. The predicted octanol–water partition coefficient (Wildman–Crippen LogP) is 0.891. The second-order valence-electron chi connectivity index (χ2n) is 4.20.